The van der Waals surface area contributed by atoms with Crippen LogP contribution in [0.4, 0.5) is 0 Å². The van der Waals surface area contributed by atoms with Gasteiger partial charge in [-0.25, -0.2) is 0 Å². The molecule has 0 aromatic rings. The molecule has 1 fully saturated rings. The fraction of sp³-hybridized carbons (Fsp3) is 1.00. The molecule has 0 N–H and O–H groups in total. The summed E-state index contributed by atoms with van der Waals surface area (Å²) in [6.45, 7) is 19.9. The van der Waals surface area contributed by atoms with Crippen molar-refractivity contribution in [3.05, 3.63) is 0 Å². The summed E-state index contributed by atoms with van der Waals surface area (Å²) in [5.41, 5.74) is 1.21. The van der Waals surface area contributed by atoms with E-state index in [-0.39, 0.29) is 0 Å². The number of rotatable bonds is 14. The first-order valence-electron chi connectivity index (χ1n) is 15.9. The summed E-state index contributed by atoms with van der Waals surface area (Å²) in [7, 11) is 0. The van der Waals surface area contributed by atoms with Crippen LogP contribution in [0.15, 0.2) is 0 Å². The second kappa shape index (κ2) is 16.6. The second-order valence-electron chi connectivity index (χ2n) is 12.7. The smallest absolute Gasteiger partial charge is 0.0272 e. The summed E-state index contributed by atoms with van der Waals surface area (Å²) in [5.74, 6) is 3.74. The molecule has 1 rings (SSSR count). The van der Waals surface area contributed by atoms with Crippen LogP contribution in [0.3, 0.4) is 0 Å². The summed E-state index contributed by atoms with van der Waals surface area (Å²) in [5, 5.41) is 0. The van der Waals surface area contributed by atoms with E-state index in [1.54, 1.807) is 0 Å². The molecule has 1 aliphatic rings. The van der Waals surface area contributed by atoms with Gasteiger partial charge >= 0.3 is 0 Å². The Bertz CT molecular complexity index is 413. The third-order valence-electron chi connectivity index (χ3n) is 10.6. The fourth-order valence-corrected chi connectivity index (χ4v) is 8.40. The third kappa shape index (κ3) is 9.52. The van der Waals surface area contributed by atoms with Gasteiger partial charge in [-0.05, 0) is 73.0 Å². The highest BCUT2D eigenvalue weighted by molar-refractivity contribution is 4.89. The lowest BCUT2D eigenvalue weighted by atomic mass is 9.62. The van der Waals surface area contributed by atoms with Gasteiger partial charge < -0.3 is 0 Å². The van der Waals surface area contributed by atoms with E-state index in [0.29, 0.717) is 10.8 Å². The van der Waals surface area contributed by atoms with Crippen LogP contribution >= 0.6 is 0 Å². The molecule has 198 valence electrons. The van der Waals surface area contributed by atoms with Crippen molar-refractivity contribution in [2.75, 3.05) is 0 Å². The lowest BCUT2D eigenvalue weighted by Gasteiger charge is -2.43. The predicted molar refractivity (Wildman–Crippen MR) is 152 cm³/mol. The van der Waals surface area contributed by atoms with Crippen LogP contribution in [0.25, 0.3) is 0 Å². The van der Waals surface area contributed by atoms with Gasteiger partial charge in [0, 0.05) is 0 Å². The quantitative estimate of drug-likeness (QED) is 0.241. The molecule has 0 aromatic carbocycles. The molecule has 4 unspecified atom stereocenters. The minimum atomic E-state index is 0.605. The Hall–Kier alpha value is 0. The van der Waals surface area contributed by atoms with Gasteiger partial charge in [-0.15, -0.1) is 0 Å². The van der Waals surface area contributed by atoms with Crippen LogP contribution in [-0.2, 0) is 0 Å². The summed E-state index contributed by atoms with van der Waals surface area (Å²) >= 11 is 0. The molecule has 0 bridgehead atoms. The van der Waals surface area contributed by atoms with Crippen molar-refractivity contribution in [2.24, 2.45) is 34.5 Å². The molecule has 0 nitrogen and oxygen atoms in total. The van der Waals surface area contributed by atoms with Crippen molar-refractivity contribution >= 4 is 0 Å². The summed E-state index contributed by atoms with van der Waals surface area (Å²) < 4.78 is 0. The van der Waals surface area contributed by atoms with E-state index < -0.39 is 0 Å². The molecule has 1 aliphatic carbocycles. The standard InChI is InChI=1S/C33H66/c1-9-20-28(7)26-32(11-3,12-4)30-22-16-15-17-23-31(25-19-18-24-30)33(13-5,14-6)27-29(8)21-10-2/h28-31H,9-27H2,1-8H3. The van der Waals surface area contributed by atoms with Crippen molar-refractivity contribution in [2.45, 2.75) is 177 Å². The third-order valence-corrected chi connectivity index (χ3v) is 10.6. The van der Waals surface area contributed by atoms with Crippen LogP contribution in [0, 0.1) is 34.5 Å². The number of hydrogen-bond donors (Lipinski definition) is 0. The van der Waals surface area contributed by atoms with Crippen molar-refractivity contribution in [1.82, 2.24) is 0 Å². The van der Waals surface area contributed by atoms with Gasteiger partial charge in [-0.3, -0.25) is 0 Å². The predicted octanol–water partition coefficient (Wildman–Crippen LogP) is 12.0. The van der Waals surface area contributed by atoms with E-state index in [0.717, 1.165) is 23.7 Å². The van der Waals surface area contributed by atoms with Gasteiger partial charge in [0.05, 0.1) is 0 Å². The zero-order chi connectivity index (χ0) is 24.7. The Morgan fingerprint density at radius 3 is 1.09 bits per heavy atom. The maximum Gasteiger partial charge on any atom is -0.0272 e. The van der Waals surface area contributed by atoms with Crippen LogP contribution in [0.5, 0.6) is 0 Å². The largest absolute Gasteiger partial charge is 0.0654 e. The topological polar surface area (TPSA) is 0 Å². The average molecular weight is 463 g/mol. The monoisotopic (exact) mass is 463 g/mol. The van der Waals surface area contributed by atoms with Gasteiger partial charge in [0.1, 0.15) is 0 Å². The molecule has 0 heteroatoms. The van der Waals surface area contributed by atoms with Gasteiger partial charge in [0.2, 0.25) is 0 Å². The molecular weight excluding hydrogens is 396 g/mol. The molecule has 33 heavy (non-hydrogen) atoms. The molecule has 0 radical (unpaired) electrons. The van der Waals surface area contributed by atoms with Gasteiger partial charge in [-0.1, -0.05) is 139 Å². The zero-order valence-electron chi connectivity index (χ0n) is 24.7. The lowest BCUT2D eigenvalue weighted by Crippen LogP contribution is -2.32. The van der Waals surface area contributed by atoms with E-state index >= 15 is 0 Å². The maximum atomic E-state index is 2.54. The van der Waals surface area contributed by atoms with Crippen molar-refractivity contribution < 1.29 is 0 Å². The van der Waals surface area contributed by atoms with E-state index in [1.165, 1.54) is 122 Å². The van der Waals surface area contributed by atoms with Crippen LogP contribution < -0.4 is 0 Å². The van der Waals surface area contributed by atoms with E-state index in [9.17, 15) is 0 Å². The molecule has 0 aromatic heterocycles. The first-order valence-corrected chi connectivity index (χ1v) is 15.9. The Kier molecular flexibility index (Phi) is 15.6. The Morgan fingerprint density at radius 1 is 0.515 bits per heavy atom. The molecular formula is C33H66. The molecule has 0 heterocycles. The van der Waals surface area contributed by atoms with E-state index in [1.807, 2.05) is 0 Å². The van der Waals surface area contributed by atoms with Crippen LogP contribution in [-0.4, -0.2) is 0 Å². The van der Waals surface area contributed by atoms with Crippen molar-refractivity contribution in [3.8, 4) is 0 Å². The Labute approximate surface area is 211 Å². The van der Waals surface area contributed by atoms with E-state index in [4.69, 9.17) is 0 Å². The van der Waals surface area contributed by atoms with Gasteiger partial charge in [0.25, 0.3) is 0 Å². The molecule has 0 amide bonds. The lowest BCUT2D eigenvalue weighted by molar-refractivity contribution is 0.0788. The molecule has 4 atom stereocenters. The second-order valence-corrected chi connectivity index (χ2v) is 12.7. The summed E-state index contributed by atoms with van der Waals surface area (Å²) in [4.78, 5) is 0. The minimum absolute atomic E-state index is 0.605. The Balaban J connectivity index is 2.92. The van der Waals surface area contributed by atoms with Gasteiger partial charge in [0.15, 0.2) is 0 Å². The zero-order valence-corrected chi connectivity index (χ0v) is 24.7. The Morgan fingerprint density at radius 2 is 0.818 bits per heavy atom. The minimum Gasteiger partial charge on any atom is -0.0654 e. The maximum absolute atomic E-state index is 2.54. The molecule has 0 spiro atoms. The molecule has 0 saturated heterocycles. The van der Waals surface area contributed by atoms with Gasteiger partial charge in [-0.2, -0.15) is 0 Å². The highest BCUT2D eigenvalue weighted by atomic mass is 14.4. The summed E-state index contributed by atoms with van der Waals surface area (Å²) in [6, 6.07) is 0. The van der Waals surface area contributed by atoms with Crippen molar-refractivity contribution in [3.63, 3.8) is 0 Å². The average Bonchev–Trinajstić information content (AvgIpc) is 2.87. The first kappa shape index (κ1) is 31.0. The van der Waals surface area contributed by atoms with Crippen LogP contribution in [0.2, 0.25) is 0 Å². The highest BCUT2D eigenvalue weighted by Crippen LogP contribution is 2.49. The first-order chi connectivity index (χ1) is 15.9. The SMILES string of the molecule is CCCC(C)CC(CC)(CC)C1CCCCCC(C(CC)(CC)CC(C)CCC)CCCC1. The van der Waals surface area contributed by atoms with Crippen LogP contribution in [0.1, 0.15) is 177 Å². The molecule has 1 saturated carbocycles. The normalized spacial score (nSPS) is 23.6. The fourth-order valence-electron chi connectivity index (χ4n) is 8.40. The molecule has 0 aliphatic heterocycles. The number of hydrogen-bond acceptors (Lipinski definition) is 0. The van der Waals surface area contributed by atoms with Crippen molar-refractivity contribution in [1.29, 1.82) is 0 Å². The highest BCUT2D eigenvalue weighted by Gasteiger charge is 2.38. The van der Waals surface area contributed by atoms with E-state index in [2.05, 4.69) is 55.4 Å². The summed E-state index contributed by atoms with van der Waals surface area (Å²) in [6.07, 6.45) is 27.5.